The van der Waals surface area contributed by atoms with Gasteiger partial charge in [-0.25, -0.2) is 0 Å². The van der Waals surface area contributed by atoms with E-state index in [1.807, 2.05) is 24.3 Å². The summed E-state index contributed by atoms with van der Waals surface area (Å²) in [6, 6.07) is 9.37. The zero-order valence-electron chi connectivity index (χ0n) is 11.1. The van der Waals surface area contributed by atoms with Crippen molar-refractivity contribution >= 4 is 0 Å². The van der Waals surface area contributed by atoms with Gasteiger partial charge in [0.05, 0.1) is 7.11 Å². The molecular formula is C15H21NO2. The monoisotopic (exact) mass is 247 g/mol. The van der Waals surface area contributed by atoms with Crippen LogP contribution < -0.4 is 9.47 Å². The van der Waals surface area contributed by atoms with Gasteiger partial charge in [0.15, 0.2) is 0 Å². The number of fused-ring (bicyclic) bond motifs is 2. The minimum Gasteiger partial charge on any atom is -0.497 e. The molecule has 3 rings (SSSR count). The van der Waals surface area contributed by atoms with Crippen LogP contribution in [0.4, 0.5) is 0 Å². The Morgan fingerprint density at radius 3 is 2.44 bits per heavy atom. The van der Waals surface area contributed by atoms with Crippen LogP contribution in [0.3, 0.4) is 0 Å². The zero-order valence-corrected chi connectivity index (χ0v) is 11.1. The molecule has 0 aliphatic carbocycles. The third-order valence-corrected chi connectivity index (χ3v) is 4.40. The van der Waals surface area contributed by atoms with Gasteiger partial charge in [-0.3, -0.25) is 0 Å². The fourth-order valence-corrected chi connectivity index (χ4v) is 3.32. The number of methoxy groups -OCH3 is 1. The van der Waals surface area contributed by atoms with E-state index in [9.17, 15) is 0 Å². The van der Waals surface area contributed by atoms with Gasteiger partial charge in [0, 0.05) is 18.2 Å². The van der Waals surface area contributed by atoms with E-state index < -0.39 is 0 Å². The van der Waals surface area contributed by atoms with Crippen molar-refractivity contribution in [1.29, 1.82) is 0 Å². The number of piperidine rings is 1. The first-order valence-electron chi connectivity index (χ1n) is 6.79. The molecule has 2 saturated heterocycles. The maximum absolute atomic E-state index is 6.12. The second-order valence-corrected chi connectivity index (χ2v) is 5.44. The minimum absolute atomic E-state index is 0.366. The summed E-state index contributed by atoms with van der Waals surface area (Å²) in [4.78, 5) is 2.53. The Kier molecular flexibility index (Phi) is 3.16. The van der Waals surface area contributed by atoms with E-state index in [1.165, 1.54) is 12.8 Å². The number of hydrogen-bond donors (Lipinski definition) is 0. The molecule has 98 valence electrons. The van der Waals surface area contributed by atoms with Crippen molar-refractivity contribution < 1.29 is 9.47 Å². The highest BCUT2D eigenvalue weighted by molar-refractivity contribution is 5.33. The van der Waals surface area contributed by atoms with Crippen LogP contribution in [0.15, 0.2) is 24.3 Å². The van der Waals surface area contributed by atoms with Crippen molar-refractivity contribution in [3.8, 4) is 11.5 Å². The maximum atomic E-state index is 6.12. The summed E-state index contributed by atoms with van der Waals surface area (Å²) in [7, 11) is 3.94. The maximum Gasteiger partial charge on any atom is 0.123 e. The quantitative estimate of drug-likeness (QED) is 0.819. The zero-order chi connectivity index (χ0) is 12.5. The highest BCUT2D eigenvalue weighted by atomic mass is 16.5. The molecule has 1 aromatic rings. The van der Waals surface area contributed by atoms with Crippen LogP contribution in [0.1, 0.15) is 25.7 Å². The third-order valence-electron chi connectivity index (χ3n) is 4.40. The van der Waals surface area contributed by atoms with Crippen molar-refractivity contribution in [2.24, 2.45) is 0 Å². The first-order chi connectivity index (χ1) is 8.76. The number of ether oxygens (including phenoxy) is 2. The van der Waals surface area contributed by atoms with Crippen LogP contribution in [-0.4, -0.2) is 37.2 Å². The van der Waals surface area contributed by atoms with E-state index in [0.717, 1.165) is 36.4 Å². The van der Waals surface area contributed by atoms with E-state index >= 15 is 0 Å². The van der Waals surface area contributed by atoms with Gasteiger partial charge >= 0.3 is 0 Å². The van der Waals surface area contributed by atoms with Gasteiger partial charge in [0.2, 0.25) is 0 Å². The second-order valence-electron chi connectivity index (χ2n) is 5.44. The Morgan fingerprint density at radius 1 is 1.11 bits per heavy atom. The van der Waals surface area contributed by atoms with Crippen LogP contribution in [0.2, 0.25) is 0 Å². The molecule has 0 spiro atoms. The Labute approximate surface area is 109 Å². The smallest absolute Gasteiger partial charge is 0.123 e. The molecule has 0 N–H and O–H groups in total. The Balaban J connectivity index is 1.66. The lowest BCUT2D eigenvalue weighted by molar-refractivity contribution is 0.0660. The van der Waals surface area contributed by atoms with Gasteiger partial charge in [-0.05, 0) is 44.9 Å². The van der Waals surface area contributed by atoms with Gasteiger partial charge in [-0.1, -0.05) is 6.07 Å². The summed E-state index contributed by atoms with van der Waals surface area (Å²) in [6.07, 6.45) is 5.35. The number of benzene rings is 1. The average molecular weight is 247 g/mol. The third kappa shape index (κ3) is 2.19. The highest BCUT2D eigenvalue weighted by Gasteiger charge is 2.39. The predicted octanol–water partition coefficient (Wildman–Crippen LogP) is 2.70. The molecule has 0 radical (unpaired) electrons. The fourth-order valence-electron chi connectivity index (χ4n) is 3.32. The summed E-state index contributed by atoms with van der Waals surface area (Å²) in [5, 5.41) is 0. The summed E-state index contributed by atoms with van der Waals surface area (Å²) in [5.41, 5.74) is 0. The van der Waals surface area contributed by atoms with Crippen LogP contribution in [0.5, 0.6) is 11.5 Å². The molecule has 0 aromatic heterocycles. The van der Waals surface area contributed by atoms with Crippen molar-refractivity contribution in [2.45, 2.75) is 43.9 Å². The molecule has 0 amide bonds. The van der Waals surface area contributed by atoms with Crippen molar-refractivity contribution in [3.63, 3.8) is 0 Å². The van der Waals surface area contributed by atoms with Crippen LogP contribution >= 0.6 is 0 Å². The van der Waals surface area contributed by atoms with Crippen molar-refractivity contribution in [2.75, 3.05) is 14.2 Å². The molecule has 2 fully saturated rings. The minimum atomic E-state index is 0.366. The summed E-state index contributed by atoms with van der Waals surface area (Å²) < 4.78 is 11.3. The molecule has 3 nitrogen and oxygen atoms in total. The number of nitrogens with zero attached hydrogens (tertiary/aromatic N) is 1. The van der Waals surface area contributed by atoms with E-state index in [2.05, 4.69) is 11.9 Å². The molecule has 1 aromatic carbocycles. The lowest BCUT2D eigenvalue weighted by Gasteiger charge is -2.36. The molecule has 2 heterocycles. The van der Waals surface area contributed by atoms with Crippen LogP contribution in [0.25, 0.3) is 0 Å². The lowest BCUT2D eigenvalue weighted by atomic mass is 10.0. The highest BCUT2D eigenvalue weighted by Crippen LogP contribution is 2.36. The molecule has 2 unspecified atom stereocenters. The topological polar surface area (TPSA) is 21.7 Å². The molecule has 0 saturated carbocycles. The first-order valence-corrected chi connectivity index (χ1v) is 6.79. The van der Waals surface area contributed by atoms with E-state index in [0.29, 0.717) is 6.10 Å². The van der Waals surface area contributed by atoms with Crippen molar-refractivity contribution in [3.05, 3.63) is 24.3 Å². The van der Waals surface area contributed by atoms with E-state index in [4.69, 9.17) is 9.47 Å². The van der Waals surface area contributed by atoms with Crippen LogP contribution in [-0.2, 0) is 0 Å². The molecule has 18 heavy (non-hydrogen) atoms. The Hall–Kier alpha value is -1.22. The van der Waals surface area contributed by atoms with Gasteiger partial charge in [-0.2, -0.15) is 0 Å². The van der Waals surface area contributed by atoms with Crippen molar-refractivity contribution in [1.82, 2.24) is 4.90 Å². The van der Waals surface area contributed by atoms with E-state index in [1.54, 1.807) is 7.11 Å². The molecule has 2 aliphatic rings. The molecular weight excluding hydrogens is 226 g/mol. The summed E-state index contributed by atoms with van der Waals surface area (Å²) >= 11 is 0. The predicted molar refractivity (Wildman–Crippen MR) is 71.2 cm³/mol. The Morgan fingerprint density at radius 2 is 1.78 bits per heavy atom. The fraction of sp³-hybridized carbons (Fsp3) is 0.600. The Bertz CT molecular complexity index is 407. The lowest BCUT2D eigenvalue weighted by Crippen LogP contribution is -2.43. The number of rotatable bonds is 3. The molecule has 2 aliphatic heterocycles. The first kappa shape index (κ1) is 11.8. The summed E-state index contributed by atoms with van der Waals surface area (Å²) in [5.74, 6) is 1.80. The molecule has 3 heteroatoms. The second kappa shape index (κ2) is 4.81. The van der Waals surface area contributed by atoms with Gasteiger partial charge < -0.3 is 14.4 Å². The average Bonchev–Trinajstić information content (AvgIpc) is 2.62. The normalized spacial score (nSPS) is 31.3. The summed E-state index contributed by atoms with van der Waals surface area (Å²) in [6.45, 7) is 0. The standard InChI is InChI=1S/C15H21NO2/c1-16-11-6-7-12(16)9-15(8-11)18-14-5-3-4-13(10-14)17-2/h3-5,10-12,15H,6-9H2,1-2H3. The largest absolute Gasteiger partial charge is 0.497 e. The van der Waals surface area contributed by atoms with Gasteiger partial charge in [0.25, 0.3) is 0 Å². The molecule has 2 bridgehead atoms. The van der Waals surface area contributed by atoms with Gasteiger partial charge in [-0.15, -0.1) is 0 Å². The SMILES string of the molecule is COc1cccc(OC2CC3CCC(C2)N3C)c1. The van der Waals surface area contributed by atoms with Crippen LogP contribution in [0, 0.1) is 0 Å². The van der Waals surface area contributed by atoms with E-state index in [-0.39, 0.29) is 0 Å². The van der Waals surface area contributed by atoms with Gasteiger partial charge in [0.1, 0.15) is 17.6 Å². The molecule has 2 atom stereocenters. The number of hydrogen-bond acceptors (Lipinski definition) is 3.